The van der Waals surface area contributed by atoms with Gasteiger partial charge in [0.05, 0.1) is 6.54 Å². The molecule has 26 heavy (non-hydrogen) atoms. The first kappa shape index (κ1) is 17.9. The SMILES string of the molecule is O=C(O)CCCCC(=O)N1Cc2ccccc2/C=C\C2=C1CC=CC=C2. The lowest BCUT2D eigenvalue weighted by Gasteiger charge is -2.28. The quantitative estimate of drug-likeness (QED) is 0.799. The summed E-state index contributed by atoms with van der Waals surface area (Å²) in [6.07, 6.45) is 14.6. The summed E-state index contributed by atoms with van der Waals surface area (Å²) in [5, 5.41) is 8.77. The molecule has 0 radical (unpaired) electrons. The third kappa shape index (κ3) is 4.39. The van der Waals surface area contributed by atoms with Crippen LogP contribution in [0, 0.1) is 0 Å². The lowest BCUT2D eigenvalue weighted by Crippen LogP contribution is -2.31. The van der Waals surface area contributed by atoms with Crippen LogP contribution >= 0.6 is 0 Å². The summed E-state index contributed by atoms with van der Waals surface area (Å²) in [5.41, 5.74) is 4.28. The number of carbonyl (C=O) groups is 2. The number of unbranched alkanes of at least 4 members (excludes halogenated alkanes) is 1. The van der Waals surface area contributed by atoms with E-state index < -0.39 is 5.97 Å². The molecule has 134 valence electrons. The first-order valence-electron chi connectivity index (χ1n) is 8.99. The predicted octanol–water partition coefficient (Wildman–Crippen LogP) is 4.46. The Balaban J connectivity index is 1.86. The highest BCUT2D eigenvalue weighted by Crippen LogP contribution is 2.28. The number of rotatable bonds is 5. The lowest BCUT2D eigenvalue weighted by molar-refractivity contribution is -0.137. The number of carboxylic acids is 1. The highest BCUT2D eigenvalue weighted by atomic mass is 16.4. The van der Waals surface area contributed by atoms with Crippen molar-refractivity contribution in [1.82, 2.24) is 4.90 Å². The Kier molecular flexibility index (Phi) is 5.84. The van der Waals surface area contributed by atoms with Crippen LogP contribution in [0.1, 0.15) is 43.2 Å². The van der Waals surface area contributed by atoms with Crippen LogP contribution in [0.25, 0.3) is 6.08 Å². The number of hydrogen-bond acceptors (Lipinski definition) is 2. The van der Waals surface area contributed by atoms with Gasteiger partial charge in [0.15, 0.2) is 0 Å². The Morgan fingerprint density at radius 2 is 1.81 bits per heavy atom. The number of allylic oxidation sites excluding steroid dienone is 6. The Labute approximate surface area is 153 Å². The van der Waals surface area contributed by atoms with Crippen LogP contribution in [0.5, 0.6) is 0 Å². The van der Waals surface area contributed by atoms with Gasteiger partial charge in [-0.3, -0.25) is 9.59 Å². The van der Waals surface area contributed by atoms with Crippen LogP contribution < -0.4 is 0 Å². The highest BCUT2D eigenvalue weighted by Gasteiger charge is 2.22. The minimum absolute atomic E-state index is 0.0525. The minimum Gasteiger partial charge on any atom is -0.481 e. The molecule has 1 aromatic carbocycles. The van der Waals surface area contributed by atoms with Gasteiger partial charge in [0, 0.05) is 25.0 Å². The van der Waals surface area contributed by atoms with Gasteiger partial charge in [-0.05, 0) is 29.5 Å². The Morgan fingerprint density at radius 3 is 2.65 bits per heavy atom. The molecule has 0 fully saturated rings. The smallest absolute Gasteiger partial charge is 0.303 e. The highest BCUT2D eigenvalue weighted by molar-refractivity contribution is 5.79. The molecule has 1 aliphatic heterocycles. The molecule has 1 N–H and O–H groups in total. The Hall–Kier alpha value is -2.88. The van der Waals surface area contributed by atoms with Crippen molar-refractivity contribution in [2.24, 2.45) is 0 Å². The number of carboxylic acid groups (broad SMARTS) is 1. The number of nitrogens with zero attached hydrogens (tertiary/aromatic N) is 1. The molecule has 3 rings (SSSR count). The van der Waals surface area contributed by atoms with E-state index in [1.807, 2.05) is 35.3 Å². The maximum absolute atomic E-state index is 13.0. The largest absolute Gasteiger partial charge is 0.481 e. The molecular weight excluding hydrogens is 326 g/mol. The van der Waals surface area contributed by atoms with E-state index in [0.29, 0.717) is 32.2 Å². The van der Waals surface area contributed by atoms with Crippen molar-refractivity contribution in [3.63, 3.8) is 0 Å². The zero-order valence-electron chi connectivity index (χ0n) is 14.7. The van der Waals surface area contributed by atoms with Gasteiger partial charge in [-0.2, -0.15) is 0 Å². The van der Waals surface area contributed by atoms with Crippen molar-refractivity contribution in [2.45, 2.75) is 38.6 Å². The predicted molar refractivity (Wildman–Crippen MR) is 102 cm³/mol. The molecule has 0 saturated heterocycles. The van der Waals surface area contributed by atoms with E-state index in [0.717, 1.165) is 22.4 Å². The summed E-state index contributed by atoms with van der Waals surface area (Å²) in [5.74, 6) is -0.761. The molecule has 2 aliphatic rings. The molecule has 0 bridgehead atoms. The molecule has 1 aromatic rings. The summed E-state index contributed by atoms with van der Waals surface area (Å²) in [7, 11) is 0. The van der Waals surface area contributed by atoms with Crippen LogP contribution in [0.3, 0.4) is 0 Å². The second-order valence-corrected chi connectivity index (χ2v) is 6.51. The van der Waals surface area contributed by atoms with Gasteiger partial charge in [0.2, 0.25) is 5.91 Å². The maximum Gasteiger partial charge on any atom is 0.303 e. The van der Waals surface area contributed by atoms with Gasteiger partial charge in [-0.25, -0.2) is 0 Å². The normalized spacial score (nSPS) is 17.0. The first-order valence-corrected chi connectivity index (χ1v) is 8.99. The number of aliphatic carboxylic acids is 1. The molecule has 0 saturated carbocycles. The monoisotopic (exact) mass is 349 g/mol. The van der Waals surface area contributed by atoms with Crippen molar-refractivity contribution in [1.29, 1.82) is 0 Å². The van der Waals surface area contributed by atoms with E-state index in [4.69, 9.17) is 5.11 Å². The van der Waals surface area contributed by atoms with E-state index in [2.05, 4.69) is 30.4 Å². The summed E-state index contributed by atoms with van der Waals surface area (Å²) in [4.78, 5) is 25.5. The summed E-state index contributed by atoms with van der Waals surface area (Å²) in [6, 6.07) is 8.11. The van der Waals surface area contributed by atoms with Crippen LogP contribution in [-0.2, 0) is 16.1 Å². The van der Waals surface area contributed by atoms with Crippen molar-refractivity contribution < 1.29 is 14.7 Å². The molecule has 1 aliphatic carbocycles. The van der Waals surface area contributed by atoms with E-state index in [1.165, 1.54) is 0 Å². The van der Waals surface area contributed by atoms with Crippen molar-refractivity contribution in [3.8, 4) is 0 Å². The van der Waals surface area contributed by atoms with Crippen molar-refractivity contribution in [2.75, 3.05) is 0 Å². The van der Waals surface area contributed by atoms with E-state index >= 15 is 0 Å². The average molecular weight is 349 g/mol. The lowest BCUT2D eigenvalue weighted by atomic mass is 10.00. The van der Waals surface area contributed by atoms with Gasteiger partial charge in [-0.15, -0.1) is 0 Å². The Bertz CT molecular complexity index is 814. The molecule has 0 unspecified atom stereocenters. The second kappa shape index (κ2) is 8.48. The maximum atomic E-state index is 13.0. The molecule has 1 amide bonds. The third-order valence-corrected chi connectivity index (χ3v) is 4.65. The zero-order chi connectivity index (χ0) is 18.4. The fourth-order valence-electron chi connectivity index (χ4n) is 3.26. The summed E-state index contributed by atoms with van der Waals surface area (Å²) >= 11 is 0. The average Bonchev–Trinajstić information content (AvgIpc) is 2.85. The summed E-state index contributed by atoms with van der Waals surface area (Å²) < 4.78 is 0. The zero-order valence-corrected chi connectivity index (χ0v) is 14.7. The van der Waals surface area contributed by atoms with Crippen LogP contribution in [0.2, 0.25) is 0 Å². The number of hydrogen-bond donors (Lipinski definition) is 1. The summed E-state index contributed by atoms with van der Waals surface area (Å²) in [6.45, 7) is 0.540. The molecule has 4 heteroatoms. The molecular formula is C22H23NO3. The standard InChI is InChI=1S/C22H23NO3/c24-21(12-6-7-13-22(25)26)23-16-19-10-5-4-8-17(19)14-15-18-9-2-1-3-11-20(18)23/h1-5,8-10,14-15H,6-7,11-13,16H2,(H,25,26)/b15-14-. The van der Waals surface area contributed by atoms with Crippen LogP contribution in [0.4, 0.5) is 0 Å². The first-order chi connectivity index (χ1) is 12.6. The number of fused-ring (bicyclic) bond motifs is 1. The van der Waals surface area contributed by atoms with Crippen molar-refractivity contribution >= 4 is 18.0 Å². The fourth-order valence-corrected chi connectivity index (χ4v) is 3.26. The van der Waals surface area contributed by atoms with E-state index in [1.54, 1.807) is 0 Å². The second-order valence-electron chi connectivity index (χ2n) is 6.51. The van der Waals surface area contributed by atoms with E-state index in [9.17, 15) is 9.59 Å². The van der Waals surface area contributed by atoms with Gasteiger partial charge in [-0.1, -0.05) is 60.7 Å². The van der Waals surface area contributed by atoms with Gasteiger partial charge in [0.25, 0.3) is 0 Å². The molecule has 4 nitrogen and oxygen atoms in total. The number of benzene rings is 1. The van der Waals surface area contributed by atoms with Gasteiger partial charge >= 0.3 is 5.97 Å². The van der Waals surface area contributed by atoms with Gasteiger partial charge in [0.1, 0.15) is 0 Å². The van der Waals surface area contributed by atoms with E-state index in [-0.39, 0.29) is 12.3 Å². The molecule has 1 heterocycles. The van der Waals surface area contributed by atoms with Crippen LogP contribution in [0.15, 0.2) is 65.9 Å². The minimum atomic E-state index is -0.813. The van der Waals surface area contributed by atoms with Gasteiger partial charge < -0.3 is 10.0 Å². The number of amides is 1. The van der Waals surface area contributed by atoms with Crippen molar-refractivity contribution in [3.05, 3.63) is 77.0 Å². The molecule has 0 spiro atoms. The molecule has 0 atom stereocenters. The topological polar surface area (TPSA) is 57.6 Å². The number of carbonyl (C=O) groups excluding carboxylic acids is 1. The molecule has 0 aromatic heterocycles. The fraction of sp³-hybridized carbons (Fsp3) is 0.273. The van der Waals surface area contributed by atoms with Crippen LogP contribution in [-0.4, -0.2) is 21.9 Å². The Morgan fingerprint density at radius 1 is 1.00 bits per heavy atom. The third-order valence-electron chi connectivity index (χ3n) is 4.65.